The number of hydrogen-bond donors (Lipinski definition) is 4. The summed E-state index contributed by atoms with van der Waals surface area (Å²) in [5.74, 6) is 2.11. The van der Waals surface area contributed by atoms with E-state index in [1.54, 1.807) is 51.1 Å². The highest BCUT2D eigenvalue weighted by atomic mass is 16.5. The van der Waals surface area contributed by atoms with Crippen molar-refractivity contribution in [1.82, 2.24) is 49.7 Å². The molecule has 16 heteroatoms. The number of benzene rings is 2. The Kier molecular flexibility index (Phi) is 11.7. The monoisotopic (exact) mass is 782 g/mol. The van der Waals surface area contributed by atoms with E-state index in [0.717, 1.165) is 71.0 Å². The first-order valence-electron chi connectivity index (χ1n) is 19.5. The molecule has 2 amide bonds. The lowest BCUT2D eigenvalue weighted by atomic mass is 10.0. The van der Waals surface area contributed by atoms with Gasteiger partial charge in [-0.15, -0.1) is 0 Å². The Morgan fingerprint density at radius 3 is 1.38 bits per heavy atom. The maximum absolute atomic E-state index is 13.7. The molecule has 4 aromatic heterocycles. The minimum Gasteiger partial charge on any atom is -0.382 e. The zero-order valence-corrected chi connectivity index (χ0v) is 32.4. The summed E-state index contributed by atoms with van der Waals surface area (Å²) < 4.78 is 10.7. The van der Waals surface area contributed by atoms with Crippen LogP contribution in [0, 0.1) is 0 Å². The number of anilines is 2. The van der Waals surface area contributed by atoms with Crippen LogP contribution in [0.2, 0.25) is 0 Å². The summed E-state index contributed by atoms with van der Waals surface area (Å²) in [6, 6.07) is 18.5. The molecule has 2 aliphatic rings. The molecule has 2 aromatic carbocycles. The molecule has 0 radical (unpaired) electrons. The zero-order chi connectivity index (χ0) is 39.8. The number of aromatic amines is 2. The highest BCUT2D eigenvalue weighted by Crippen LogP contribution is 2.35. The number of ether oxygens (including phenoxy) is 2. The highest BCUT2D eigenvalue weighted by molar-refractivity contribution is 5.86. The van der Waals surface area contributed by atoms with Crippen LogP contribution in [0.15, 0.2) is 97.8 Å². The first-order chi connectivity index (χ1) is 28.5. The molecule has 6 aromatic rings. The summed E-state index contributed by atoms with van der Waals surface area (Å²) in [7, 11) is 3.15. The van der Waals surface area contributed by atoms with Gasteiger partial charge in [0.15, 0.2) is 0 Å². The molecule has 4 N–H and O–H groups in total. The number of amides is 2. The molecule has 0 spiro atoms. The van der Waals surface area contributed by atoms with E-state index in [2.05, 4.69) is 89.1 Å². The number of likely N-dealkylation sites (tertiary alicyclic amines) is 2. The van der Waals surface area contributed by atoms with Crippen molar-refractivity contribution in [1.29, 1.82) is 0 Å². The average molecular weight is 783 g/mol. The predicted molar refractivity (Wildman–Crippen MR) is 217 cm³/mol. The number of hydrogen-bond acceptors (Lipinski definition) is 12. The predicted octanol–water partition coefficient (Wildman–Crippen LogP) is 5.30. The first-order valence-corrected chi connectivity index (χ1v) is 19.5. The normalized spacial score (nSPS) is 17.6. The van der Waals surface area contributed by atoms with E-state index >= 15 is 0 Å². The van der Waals surface area contributed by atoms with E-state index in [1.807, 2.05) is 22.2 Å². The number of nitrogens with one attached hydrogen (secondary N) is 4. The van der Waals surface area contributed by atoms with Crippen molar-refractivity contribution in [2.75, 3.05) is 51.2 Å². The topological polar surface area (TPSA) is 192 Å². The number of methoxy groups -OCH3 is 2. The van der Waals surface area contributed by atoms with Gasteiger partial charge in [-0.05, 0) is 60.1 Å². The van der Waals surface area contributed by atoms with E-state index in [0.29, 0.717) is 25.0 Å². The van der Waals surface area contributed by atoms with Crippen LogP contribution < -0.4 is 10.6 Å². The SMILES string of the molecule is COC[C@H](Nc1ncccn1)C(=O)N1CCC[C@H]1c1ncc(-c2ccc(-c3ccc(-c4cnc([C@@H]5CCCN5C(=O)[C@H](COC)Nc5ncccn5)[nH]4)cc3)cc2)[nH]1. The third kappa shape index (κ3) is 8.43. The van der Waals surface area contributed by atoms with Crippen LogP contribution in [-0.2, 0) is 19.1 Å². The van der Waals surface area contributed by atoms with Gasteiger partial charge in [-0.3, -0.25) is 9.59 Å². The van der Waals surface area contributed by atoms with Crippen LogP contribution in [0.5, 0.6) is 0 Å². The van der Waals surface area contributed by atoms with Crippen LogP contribution in [0.1, 0.15) is 49.4 Å². The lowest BCUT2D eigenvalue weighted by molar-refractivity contribution is -0.135. The molecule has 58 heavy (non-hydrogen) atoms. The van der Waals surface area contributed by atoms with Crippen molar-refractivity contribution >= 4 is 23.7 Å². The summed E-state index contributed by atoms with van der Waals surface area (Å²) in [6.45, 7) is 1.64. The largest absolute Gasteiger partial charge is 0.382 e. The van der Waals surface area contributed by atoms with Crippen molar-refractivity contribution in [3.63, 3.8) is 0 Å². The number of imidazole rings is 2. The molecule has 0 saturated carbocycles. The number of carbonyl (C=O) groups excluding carboxylic acids is 2. The number of nitrogens with zero attached hydrogens (tertiary/aromatic N) is 8. The highest BCUT2D eigenvalue weighted by Gasteiger charge is 2.37. The average Bonchev–Trinajstić information content (AvgIpc) is 4.11. The summed E-state index contributed by atoms with van der Waals surface area (Å²) in [5, 5.41) is 6.25. The fourth-order valence-electron chi connectivity index (χ4n) is 7.76. The lowest BCUT2D eigenvalue weighted by Crippen LogP contribution is -2.45. The second-order valence-electron chi connectivity index (χ2n) is 14.3. The van der Waals surface area contributed by atoms with Crippen molar-refractivity contribution in [2.24, 2.45) is 0 Å². The van der Waals surface area contributed by atoms with Gasteiger partial charge < -0.3 is 39.9 Å². The van der Waals surface area contributed by atoms with E-state index in [1.165, 1.54) is 0 Å². The Labute approximate surface area is 335 Å². The minimum atomic E-state index is -0.624. The summed E-state index contributed by atoms with van der Waals surface area (Å²) in [6.07, 6.45) is 13.6. The number of carbonyl (C=O) groups is 2. The molecule has 0 aliphatic carbocycles. The first kappa shape index (κ1) is 38.4. The number of aromatic nitrogens is 8. The molecular formula is C42H46N12O4. The van der Waals surface area contributed by atoms with E-state index in [4.69, 9.17) is 19.4 Å². The Balaban J connectivity index is 0.906. The summed E-state index contributed by atoms with van der Waals surface area (Å²) in [5.41, 5.74) is 5.91. The van der Waals surface area contributed by atoms with Gasteiger partial charge in [-0.2, -0.15) is 0 Å². The van der Waals surface area contributed by atoms with Crippen LogP contribution in [0.3, 0.4) is 0 Å². The second-order valence-corrected chi connectivity index (χ2v) is 14.3. The molecule has 4 atom stereocenters. The second kappa shape index (κ2) is 17.7. The van der Waals surface area contributed by atoms with E-state index in [-0.39, 0.29) is 37.1 Å². The van der Waals surface area contributed by atoms with Crippen molar-refractivity contribution in [3.05, 3.63) is 109 Å². The molecule has 0 unspecified atom stereocenters. The maximum Gasteiger partial charge on any atom is 0.248 e. The standard InChI is InChI=1S/C42H46N12O4/c1-57-25-33(51-41-43-17-5-18-44-41)39(55)53-21-3-7-35(53)37-47-23-31(49-37)29-13-9-27(10-14-29)28-11-15-30(16-12-28)32-24-48-38(50-32)36-8-4-22-54(36)40(56)34(26-58-2)52-42-45-19-6-20-46-42/h5-6,9-20,23-24,33-36H,3-4,7-8,21-22,25-26H2,1-2H3,(H,47,49)(H,48,50)(H,43,44,51)(H,45,46,52)/t33-,34-,35-,36-/m0/s1. The van der Waals surface area contributed by atoms with Gasteiger partial charge in [0.05, 0.1) is 49.1 Å². The van der Waals surface area contributed by atoms with Crippen molar-refractivity contribution in [3.8, 4) is 33.6 Å². The van der Waals surface area contributed by atoms with Gasteiger partial charge in [0.1, 0.15) is 23.7 Å². The smallest absolute Gasteiger partial charge is 0.248 e. The molecular weight excluding hydrogens is 737 g/mol. The third-order valence-corrected chi connectivity index (χ3v) is 10.6. The van der Waals surface area contributed by atoms with Gasteiger partial charge in [0.25, 0.3) is 0 Å². The number of H-pyrrole nitrogens is 2. The van der Waals surface area contributed by atoms with Gasteiger partial charge in [0, 0.05) is 52.1 Å². The molecule has 6 heterocycles. The summed E-state index contributed by atoms with van der Waals surface area (Å²) >= 11 is 0. The molecule has 8 rings (SSSR count). The van der Waals surface area contributed by atoms with Crippen molar-refractivity contribution in [2.45, 2.75) is 49.9 Å². The van der Waals surface area contributed by atoms with E-state index in [9.17, 15) is 9.59 Å². The molecule has 16 nitrogen and oxygen atoms in total. The lowest BCUT2D eigenvalue weighted by Gasteiger charge is -2.28. The fraction of sp³-hybridized carbons (Fsp3) is 0.333. The molecule has 2 fully saturated rings. The minimum absolute atomic E-state index is 0.0781. The zero-order valence-electron chi connectivity index (χ0n) is 32.4. The van der Waals surface area contributed by atoms with Gasteiger partial charge in [-0.1, -0.05) is 48.5 Å². The Hall–Kier alpha value is -6.52. The molecule has 298 valence electrons. The molecule has 2 saturated heterocycles. The van der Waals surface area contributed by atoms with Gasteiger partial charge in [0.2, 0.25) is 23.7 Å². The van der Waals surface area contributed by atoms with Gasteiger partial charge >= 0.3 is 0 Å². The number of rotatable bonds is 15. The van der Waals surface area contributed by atoms with Gasteiger partial charge in [-0.25, -0.2) is 29.9 Å². The maximum atomic E-state index is 13.7. The van der Waals surface area contributed by atoms with Crippen LogP contribution in [-0.4, -0.2) is 114 Å². The third-order valence-electron chi connectivity index (χ3n) is 10.6. The molecule has 2 aliphatic heterocycles. The Morgan fingerprint density at radius 2 is 1.00 bits per heavy atom. The van der Waals surface area contributed by atoms with Crippen LogP contribution in [0.25, 0.3) is 33.6 Å². The molecule has 0 bridgehead atoms. The Bertz CT molecular complexity index is 2110. The quantitative estimate of drug-likeness (QED) is 0.105. The van der Waals surface area contributed by atoms with E-state index < -0.39 is 12.1 Å². The fourth-order valence-corrected chi connectivity index (χ4v) is 7.76. The Morgan fingerprint density at radius 1 is 0.621 bits per heavy atom. The van der Waals surface area contributed by atoms with Crippen LogP contribution in [0.4, 0.5) is 11.9 Å². The summed E-state index contributed by atoms with van der Waals surface area (Å²) in [4.78, 5) is 64.4. The van der Waals surface area contributed by atoms with Crippen LogP contribution >= 0.6 is 0 Å². The van der Waals surface area contributed by atoms with Crippen molar-refractivity contribution < 1.29 is 19.1 Å².